The molecule has 2 rings (SSSR count). The summed E-state index contributed by atoms with van der Waals surface area (Å²) in [6, 6.07) is 8.31. The Bertz CT molecular complexity index is 581. The van der Waals surface area contributed by atoms with Gasteiger partial charge in [-0.1, -0.05) is 61.7 Å². The van der Waals surface area contributed by atoms with Gasteiger partial charge in [-0.05, 0) is 30.9 Å². The minimum Gasteiger partial charge on any atom is -0.257 e. The monoisotopic (exact) mass is 404 g/mol. The molecule has 0 saturated carbocycles. The molecule has 0 aliphatic carbocycles. The van der Waals surface area contributed by atoms with Crippen molar-refractivity contribution in [2.75, 3.05) is 5.33 Å². The van der Waals surface area contributed by atoms with Crippen molar-refractivity contribution < 1.29 is 0 Å². The predicted octanol–water partition coefficient (Wildman–Crippen LogP) is 4.87. The van der Waals surface area contributed by atoms with E-state index >= 15 is 0 Å². The predicted molar refractivity (Wildman–Crippen MR) is 87.3 cm³/mol. The van der Waals surface area contributed by atoms with E-state index in [9.17, 15) is 0 Å². The van der Waals surface area contributed by atoms with Crippen LogP contribution in [-0.4, -0.2) is 15.1 Å². The molecular weight excluding hydrogens is 391 g/mol. The van der Waals surface area contributed by atoms with E-state index in [0.717, 1.165) is 32.6 Å². The standard InChI is InChI=1S/C14H15Br2ClN2/c1-9-12(14(17)19(2)18-9)7-10(8-15)11-5-3-4-6-13(11)16/h3-6,10H,7-8H2,1-2H3. The molecule has 0 aliphatic rings. The summed E-state index contributed by atoms with van der Waals surface area (Å²) in [4.78, 5) is 0. The first-order valence-electron chi connectivity index (χ1n) is 6.03. The van der Waals surface area contributed by atoms with Crippen molar-refractivity contribution in [1.29, 1.82) is 0 Å². The molecule has 0 amide bonds. The third-order valence-electron chi connectivity index (χ3n) is 3.25. The SMILES string of the molecule is Cc1nn(C)c(Cl)c1CC(CBr)c1ccccc1Br. The Morgan fingerprint density at radius 1 is 1.37 bits per heavy atom. The molecule has 102 valence electrons. The van der Waals surface area contributed by atoms with Gasteiger partial charge in [0.15, 0.2) is 0 Å². The molecule has 2 nitrogen and oxygen atoms in total. The van der Waals surface area contributed by atoms with Crippen molar-refractivity contribution in [3.8, 4) is 0 Å². The smallest absolute Gasteiger partial charge is 0.130 e. The lowest BCUT2D eigenvalue weighted by Gasteiger charge is -2.16. The zero-order valence-corrected chi connectivity index (χ0v) is 14.8. The fraction of sp³-hybridized carbons (Fsp3) is 0.357. The van der Waals surface area contributed by atoms with Crippen LogP contribution in [0.5, 0.6) is 0 Å². The maximum atomic E-state index is 6.32. The molecule has 0 aliphatic heterocycles. The molecular formula is C14H15Br2ClN2. The van der Waals surface area contributed by atoms with Crippen LogP contribution in [0, 0.1) is 6.92 Å². The molecule has 2 aromatic rings. The van der Waals surface area contributed by atoms with Crippen LogP contribution in [-0.2, 0) is 13.5 Å². The summed E-state index contributed by atoms with van der Waals surface area (Å²) in [7, 11) is 1.88. The first-order chi connectivity index (χ1) is 9.04. The Hall–Kier alpha value is -0.320. The quantitative estimate of drug-likeness (QED) is 0.663. The fourth-order valence-corrected chi connectivity index (χ4v) is 3.64. The van der Waals surface area contributed by atoms with Gasteiger partial charge in [0.1, 0.15) is 5.15 Å². The number of benzene rings is 1. The molecule has 1 atom stereocenters. The Kier molecular flexibility index (Phi) is 5.09. The van der Waals surface area contributed by atoms with Gasteiger partial charge in [0.2, 0.25) is 0 Å². The Morgan fingerprint density at radius 3 is 2.58 bits per heavy atom. The van der Waals surface area contributed by atoms with Gasteiger partial charge in [-0.2, -0.15) is 5.10 Å². The van der Waals surface area contributed by atoms with Crippen LogP contribution >= 0.6 is 43.5 Å². The second kappa shape index (κ2) is 6.42. The van der Waals surface area contributed by atoms with E-state index in [2.05, 4.69) is 55.2 Å². The van der Waals surface area contributed by atoms with Crippen LogP contribution in [0.3, 0.4) is 0 Å². The van der Waals surface area contributed by atoms with Gasteiger partial charge >= 0.3 is 0 Å². The van der Waals surface area contributed by atoms with E-state index in [1.807, 2.05) is 20.0 Å². The highest BCUT2D eigenvalue weighted by Crippen LogP contribution is 2.32. The van der Waals surface area contributed by atoms with Crippen LogP contribution in [0.15, 0.2) is 28.7 Å². The van der Waals surface area contributed by atoms with Crippen LogP contribution in [0.4, 0.5) is 0 Å². The second-order valence-electron chi connectivity index (χ2n) is 4.56. The fourth-order valence-electron chi connectivity index (χ4n) is 2.21. The van der Waals surface area contributed by atoms with Gasteiger partial charge in [0.05, 0.1) is 5.69 Å². The van der Waals surface area contributed by atoms with E-state index in [0.29, 0.717) is 5.92 Å². The van der Waals surface area contributed by atoms with Crippen molar-refractivity contribution in [2.24, 2.45) is 7.05 Å². The van der Waals surface area contributed by atoms with Crippen molar-refractivity contribution in [3.63, 3.8) is 0 Å². The van der Waals surface area contributed by atoms with Crippen molar-refractivity contribution in [3.05, 3.63) is 50.7 Å². The van der Waals surface area contributed by atoms with Crippen molar-refractivity contribution in [1.82, 2.24) is 9.78 Å². The molecule has 0 radical (unpaired) electrons. The van der Waals surface area contributed by atoms with E-state index in [4.69, 9.17) is 11.6 Å². The Labute approximate surface area is 135 Å². The number of rotatable bonds is 4. The summed E-state index contributed by atoms with van der Waals surface area (Å²) < 4.78 is 2.87. The molecule has 0 bridgehead atoms. The lowest BCUT2D eigenvalue weighted by molar-refractivity contribution is 0.755. The molecule has 1 aromatic carbocycles. The van der Waals surface area contributed by atoms with Gasteiger partial charge in [0, 0.05) is 22.4 Å². The average Bonchev–Trinajstić information content (AvgIpc) is 2.63. The zero-order valence-electron chi connectivity index (χ0n) is 10.8. The van der Waals surface area contributed by atoms with E-state index in [1.54, 1.807) is 4.68 Å². The van der Waals surface area contributed by atoms with Crippen molar-refractivity contribution in [2.45, 2.75) is 19.3 Å². The topological polar surface area (TPSA) is 17.8 Å². The van der Waals surface area contributed by atoms with Crippen LogP contribution < -0.4 is 0 Å². The highest BCUT2D eigenvalue weighted by Gasteiger charge is 2.19. The molecule has 1 aromatic heterocycles. The maximum Gasteiger partial charge on any atom is 0.130 e. The van der Waals surface area contributed by atoms with Gasteiger partial charge < -0.3 is 0 Å². The number of hydrogen-bond donors (Lipinski definition) is 0. The van der Waals surface area contributed by atoms with Gasteiger partial charge in [-0.25, -0.2) is 0 Å². The first kappa shape index (κ1) is 15.1. The largest absolute Gasteiger partial charge is 0.257 e. The van der Waals surface area contributed by atoms with E-state index < -0.39 is 0 Å². The summed E-state index contributed by atoms with van der Waals surface area (Å²) in [5.74, 6) is 0.371. The lowest BCUT2D eigenvalue weighted by atomic mass is 9.94. The normalized spacial score (nSPS) is 12.7. The average molecular weight is 407 g/mol. The Balaban J connectivity index is 2.32. The van der Waals surface area contributed by atoms with Crippen LogP contribution in [0.1, 0.15) is 22.7 Å². The Morgan fingerprint density at radius 2 is 2.05 bits per heavy atom. The number of aromatic nitrogens is 2. The minimum atomic E-state index is 0.371. The highest BCUT2D eigenvalue weighted by molar-refractivity contribution is 9.10. The third-order valence-corrected chi connectivity index (χ3v) is 5.23. The number of alkyl halides is 1. The van der Waals surface area contributed by atoms with Crippen LogP contribution in [0.25, 0.3) is 0 Å². The molecule has 19 heavy (non-hydrogen) atoms. The van der Waals surface area contributed by atoms with Crippen molar-refractivity contribution >= 4 is 43.5 Å². The van der Waals surface area contributed by atoms with Crippen LogP contribution in [0.2, 0.25) is 5.15 Å². The summed E-state index contributed by atoms with van der Waals surface area (Å²) >= 11 is 13.5. The zero-order chi connectivity index (χ0) is 14.0. The molecule has 0 N–H and O–H groups in total. The van der Waals surface area contributed by atoms with Gasteiger partial charge in [-0.15, -0.1) is 0 Å². The summed E-state index contributed by atoms with van der Waals surface area (Å²) in [5, 5.41) is 5.99. The molecule has 0 spiro atoms. The molecule has 0 saturated heterocycles. The molecule has 5 heteroatoms. The van der Waals surface area contributed by atoms with E-state index in [1.165, 1.54) is 5.56 Å². The van der Waals surface area contributed by atoms with E-state index in [-0.39, 0.29) is 0 Å². The number of aryl methyl sites for hydroxylation is 2. The number of hydrogen-bond acceptors (Lipinski definition) is 1. The lowest BCUT2D eigenvalue weighted by Crippen LogP contribution is -2.06. The molecule has 0 fully saturated rings. The summed E-state index contributed by atoms with van der Waals surface area (Å²) in [6.07, 6.45) is 0.881. The summed E-state index contributed by atoms with van der Waals surface area (Å²) in [5.41, 5.74) is 3.42. The first-order valence-corrected chi connectivity index (χ1v) is 8.32. The number of halogens is 3. The number of nitrogens with zero attached hydrogens (tertiary/aromatic N) is 2. The minimum absolute atomic E-state index is 0.371. The molecule has 1 unspecified atom stereocenters. The van der Waals surface area contributed by atoms with Gasteiger partial charge in [-0.3, -0.25) is 4.68 Å². The highest BCUT2D eigenvalue weighted by atomic mass is 79.9. The molecule has 1 heterocycles. The maximum absolute atomic E-state index is 6.32. The third kappa shape index (κ3) is 3.23. The summed E-state index contributed by atoms with van der Waals surface area (Å²) in [6.45, 7) is 2.01. The second-order valence-corrected chi connectivity index (χ2v) is 6.42. The van der Waals surface area contributed by atoms with Gasteiger partial charge in [0.25, 0.3) is 0 Å².